The zero-order valence-corrected chi connectivity index (χ0v) is 14.6. The maximum Gasteiger partial charge on any atom is 0.226 e. The van der Waals surface area contributed by atoms with Gasteiger partial charge in [-0.1, -0.05) is 0 Å². The van der Waals surface area contributed by atoms with Crippen LogP contribution in [0.1, 0.15) is 17.0 Å². The fraction of sp³-hybridized carbons (Fsp3) is 0.176. The van der Waals surface area contributed by atoms with Gasteiger partial charge in [-0.05, 0) is 61.0 Å². The van der Waals surface area contributed by atoms with Crippen molar-refractivity contribution in [2.24, 2.45) is 0 Å². The average molecular weight is 371 g/mol. The molecule has 0 bridgehead atoms. The predicted octanol–water partition coefficient (Wildman–Crippen LogP) is 4.41. The smallest absolute Gasteiger partial charge is 0.226 e. The van der Waals surface area contributed by atoms with Crippen LogP contribution in [0.3, 0.4) is 0 Å². The van der Waals surface area contributed by atoms with Crippen molar-refractivity contribution in [3.63, 3.8) is 0 Å². The average Bonchev–Trinajstić information content (AvgIpc) is 2.55. The summed E-state index contributed by atoms with van der Waals surface area (Å²) < 4.78 is 6.61. The number of ether oxygens (including phenoxy) is 1. The molecular weight excluding hydrogens is 356 g/mol. The fourth-order valence-electron chi connectivity index (χ4n) is 2.02. The van der Waals surface area contributed by atoms with Crippen LogP contribution in [0.25, 0.3) is 11.4 Å². The maximum absolute atomic E-state index is 5.96. The van der Waals surface area contributed by atoms with Crippen molar-refractivity contribution in [2.75, 3.05) is 0 Å². The van der Waals surface area contributed by atoms with Crippen LogP contribution in [0.5, 0.6) is 11.6 Å². The first-order valence-corrected chi connectivity index (χ1v) is 7.90. The summed E-state index contributed by atoms with van der Waals surface area (Å²) in [6, 6.07) is 7.54. The van der Waals surface area contributed by atoms with Crippen LogP contribution < -0.4 is 4.74 Å². The van der Waals surface area contributed by atoms with Crippen molar-refractivity contribution in [3.8, 4) is 23.0 Å². The Morgan fingerprint density at radius 3 is 2.52 bits per heavy atom. The summed E-state index contributed by atoms with van der Waals surface area (Å²) in [5.74, 6) is 1.73. The normalized spacial score (nSPS) is 10.6. The van der Waals surface area contributed by atoms with Crippen LogP contribution >= 0.6 is 15.9 Å². The maximum atomic E-state index is 5.96. The van der Waals surface area contributed by atoms with Gasteiger partial charge in [-0.3, -0.25) is 4.98 Å². The topological polar surface area (TPSA) is 60.8 Å². The summed E-state index contributed by atoms with van der Waals surface area (Å²) in [6.45, 7) is 5.80. The van der Waals surface area contributed by atoms with Crippen molar-refractivity contribution in [2.45, 2.75) is 20.8 Å². The van der Waals surface area contributed by atoms with E-state index in [9.17, 15) is 0 Å². The molecule has 0 N–H and O–H groups in total. The van der Waals surface area contributed by atoms with Gasteiger partial charge in [0.2, 0.25) is 5.88 Å². The number of nitrogens with zero attached hydrogens (tertiary/aromatic N) is 4. The summed E-state index contributed by atoms with van der Waals surface area (Å²) in [6.07, 6.45) is 3.45. The second-order valence-corrected chi connectivity index (χ2v) is 5.90. The minimum Gasteiger partial charge on any atom is -0.436 e. The van der Waals surface area contributed by atoms with E-state index in [1.165, 1.54) is 0 Å². The van der Waals surface area contributed by atoms with E-state index in [1.54, 1.807) is 12.4 Å². The molecule has 116 valence electrons. The van der Waals surface area contributed by atoms with Crippen molar-refractivity contribution in [1.29, 1.82) is 0 Å². The number of aromatic nitrogens is 4. The molecule has 0 atom stereocenters. The highest BCUT2D eigenvalue weighted by molar-refractivity contribution is 9.10. The quantitative estimate of drug-likeness (QED) is 0.638. The van der Waals surface area contributed by atoms with E-state index >= 15 is 0 Å². The fourth-order valence-corrected chi connectivity index (χ4v) is 2.51. The molecule has 0 aliphatic carbocycles. The Morgan fingerprint density at radius 2 is 1.83 bits per heavy atom. The third-order valence-electron chi connectivity index (χ3n) is 3.42. The molecule has 3 aromatic heterocycles. The van der Waals surface area contributed by atoms with Crippen LogP contribution in [0.4, 0.5) is 0 Å². The van der Waals surface area contributed by atoms with Crippen LogP contribution in [0.2, 0.25) is 0 Å². The van der Waals surface area contributed by atoms with Gasteiger partial charge in [-0.2, -0.15) is 4.98 Å². The molecule has 0 aliphatic heterocycles. The summed E-state index contributed by atoms with van der Waals surface area (Å²) in [5, 5.41) is 0. The SMILES string of the molecule is Cc1ccc(Oc2nc(-c3cccnc3)nc(C)c2C)c(Br)n1. The van der Waals surface area contributed by atoms with Crippen LogP contribution in [0, 0.1) is 20.8 Å². The van der Waals surface area contributed by atoms with Crippen LogP contribution in [0.15, 0.2) is 41.3 Å². The van der Waals surface area contributed by atoms with Gasteiger partial charge < -0.3 is 4.74 Å². The Hall–Kier alpha value is -2.34. The van der Waals surface area contributed by atoms with Crippen molar-refractivity contribution in [1.82, 2.24) is 19.9 Å². The van der Waals surface area contributed by atoms with Crippen molar-refractivity contribution < 1.29 is 4.74 Å². The molecular formula is C17H15BrN4O. The second kappa shape index (κ2) is 6.42. The molecule has 3 heterocycles. The summed E-state index contributed by atoms with van der Waals surface area (Å²) in [5.41, 5.74) is 3.52. The molecule has 0 aliphatic rings. The molecule has 5 nitrogen and oxygen atoms in total. The molecule has 0 unspecified atom stereocenters. The van der Waals surface area contributed by atoms with Gasteiger partial charge in [0.15, 0.2) is 11.6 Å². The van der Waals surface area contributed by atoms with E-state index in [1.807, 2.05) is 45.0 Å². The Balaban J connectivity index is 2.03. The summed E-state index contributed by atoms with van der Waals surface area (Å²) >= 11 is 3.42. The monoisotopic (exact) mass is 370 g/mol. The number of hydrogen-bond acceptors (Lipinski definition) is 5. The van der Waals surface area contributed by atoms with Gasteiger partial charge in [0.25, 0.3) is 0 Å². The molecule has 3 rings (SSSR count). The predicted molar refractivity (Wildman–Crippen MR) is 91.5 cm³/mol. The number of hydrogen-bond donors (Lipinski definition) is 0. The lowest BCUT2D eigenvalue weighted by Gasteiger charge is -2.12. The first kappa shape index (κ1) is 15.6. The van der Waals surface area contributed by atoms with Gasteiger partial charge in [-0.15, -0.1) is 0 Å². The number of halogens is 1. The molecule has 0 amide bonds. The standard InChI is InChI=1S/C17H15BrN4O/c1-10-6-7-14(15(18)20-10)23-17-11(2)12(3)21-16(22-17)13-5-4-8-19-9-13/h4-9H,1-3H3. The van der Waals surface area contributed by atoms with Crippen molar-refractivity contribution >= 4 is 15.9 Å². The molecule has 23 heavy (non-hydrogen) atoms. The van der Waals surface area contributed by atoms with E-state index in [2.05, 4.69) is 35.9 Å². The number of pyridine rings is 2. The van der Waals surface area contributed by atoms with Gasteiger partial charge in [0.1, 0.15) is 4.60 Å². The molecule has 0 spiro atoms. The zero-order valence-electron chi connectivity index (χ0n) is 13.0. The lowest BCUT2D eigenvalue weighted by Crippen LogP contribution is -2.01. The van der Waals surface area contributed by atoms with E-state index in [0.29, 0.717) is 22.1 Å². The molecule has 0 saturated heterocycles. The Kier molecular flexibility index (Phi) is 4.34. The van der Waals surface area contributed by atoms with Gasteiger partial charge in [0, 0.05) is 34.9 Å². The third kappa shape index (κ3) is 3.37. The van der Waals surface area contributed by atoms with E-state index in [0.717, 1.165) is 22.5 Å². The highest BCUT2D eigenvalue weighted by Gasteiger charge is 2.13. The highest BCUT2D eigenvalue weighted by atomic mass is 79.9. The van der Waals surface area contributed by atoms with E-state index in [-0.39, 0.29) is 0 Å². The second-order valence-electron chi connectivity index (χ2n) is 5.15. The van der Waals surface area contributed by atoms with Gasteiger partial charge in [0.05, 0.1) is 0 Å². The Bertz CT molecular complexity index is 853. The highest BCUT2D eigenvalue weighted by Crippen LogP contribution is 2.31. The summed E-state index contributed by atoms with van der Waals surface area (Å²) in [7, 11) is 0. The Morgan fingerprint density at radius 1 is 1.00 bits per heavy atom. The first-order chi connectivity index (χ1) is 11.0. The molecule has 0 aromatic carbocycles. The van der Waals surface area contributed by atoms with E-state index < -0.39 is 0 Å². The molecule has 6 heteroatoms. The molecule has 0 saturated carbocycles. The Labute approximate surface area is 143 Å². The largest absolute Gasteiger partial charge is 0.436 e. The van der Waals surface area contributed by atoms with Gasteiger partial charge >= 0.3 is 0 Å². The van der Waals surface area contributed by atoms with Crippen molar-refractivity contribution in [3.05, 3.63) is 58.2 Å². The lowest BCUT2D eigenvalue weighted by atomic mass is 10.2. The minimum absolute atomic E-state index is 0.516. The molecule has 0 radical (unpaired) electrons. The minimum atomic E-state index is 0.516. The number of aryl methyl sites for hydroxylation is 2. The number of rotatable bonds is 3. The van der Waals surface area contributed by atoms with Crippen LogP contribution in [-0.2, 0) is 0 Å². The molecule has 0 fully saturated rings. The molecule has 3 aromatic rings. The lowest BCUT2D eigenvalue weighted by molar-refractivity contribution is 0.451. The van der Waals surface area contributed by atoms with Gasteiger partial charge in [-0.25, -0.2) is 9.97 Å². The first-order valence-electron chi connectivity index (χ1n) is 7.11. The van der Waals surface area contributed by atoms with E-state index in [4.69, 9.17) is 4.74 Å². The summed E-state index contributed by atoms with van der Waals surface area (Å²) in [4.78, 5) is 17.5. The zero-order chi connectivity index (χ0) is 16.4. The van der Waals surface area contributed by atoms with Crippen LogP contribution in [-0.4, -0.2) is 19.9 Å². The third-order valence-corrected chi connectivity index (χ3v) is 3.99.